The Morgan fingerprint density at radius 2 is 1.86 bits per heavy atom. The van der Waals surface area contributed by atoms with Crippen LogP contribution in [-0.2, 0) is 10.0 Å². The molecular formula is C14H22N2O4S. The molecule has 21 heavy (non-hydrogen) atoms. The van der Waals surface area contributed by atoms with Crippen LogP contribution in [0.4, 0.5) is 5.69 Å². The number of sulfonamides is 1. The third-order valence-electron chi connectivity index (χ3n) is 2.66. The maximum atomic E-state index is 12.1. The van der Waals surface area contributed by atoms with Crippen molar-refractivity contribution >= 4 is 21.7 Å². The van der Waals surface area contributed by atoms with Crippen LogP contribution in [-0.4, -0.2) is 32.1 Å². The molecule has 0 aromatic heterocycles. The van der Waals surface area contributed by atoms with Crippen LogP contribution < -0.4 is 10.0 Å². The second-order valence-corrected chi connectivity index (χ2v) is 7.32. The van der Waals surface area contributed by atoms with E-state index < -0.39 is 16.0 Å². The highest BCUT2D eigenvalue weighted by atomic mass is 32.2. The summed E-state index contributed by atoms with van der Waals surface area (Å²) in [5.74, 6) is -1.00. The number of aromatic carboxylic acids is 1. The molecule has 1 aromatic rings. The van der Waals surface area contributed by atoms with Crippen LogP contribution in [0.25, 0.3) is 0 Å². The highest BCUT2D eigenvalue weighted by molar-refractivity contribution is 7.89. The highest BCUT2D eigenvalue weighted by Crippen LogP contribution is 2.21. The van der Waals surface area contributed by atoms with E-state index in [1.54, 1.807) is 0 Å². The average molecular weight is 314 g/mol. The van der Waals surface area contributed by atoms with E-state index in [-0.39, 0.29) is 22.4 Å². The van der Waals surface area contributed by atoms with Gasteiger partial charge < -0.3 is 10.4 Å². The van der Waals surface area contributed by atoms with Gasteiger partial charge in [0, 0.05) is 18.3 Å². The molecule has 1 rings (SSSR count). The minimum atomic E-state index is -3.70. The number of carboxylic acids is 1. The lowest BCUT2D eigenvalue weighted by atomic mass is 10.1. The largest absolute Gasteiger partial charge is 0.478 e. The van der Waals surface area contributed by atoms with Gasteiger partial charge in [-0.05, 0) is 38.0 Å². The summed E-state index contributed by atoms with van der Waals surface area (Å²) in [6.07, 6.45) is 0. The molecule has 0 unspecified atom stereocenters. The third kappa shape index (κ3) is 5.02. The zero-order valence-corrected chi connectivity index (χ0v) is 13.5. The number of carboxylic acid groups (broad SMARTS) is 1. The van der Waals surface area contributed by atoms with Crippen molar-refractivity contribution in [2.75, 3.05) is 11.9 Å². The molecule has 0 aliphatic carbocycles. The van der Waals surface area contributed by atoms with E-state index in [0.29, 0.717) is 12.2 Å². The molecule has 0 bridgehead atoms. The standard InChI is InChI=1S/C14H22N2O4S/c1-9(2)8-15-21(19,20)11-5-6-13(16-10(3)4)12(7-11)14(17)18/h5-7,9-10,15-16H,8H2,1-4H3,(H,17,18). The molecule has 0 amide bonds. The van der Waals surface area contributed by atoms with E-state index in [2.05, 4.69) is 10.0 Å². The fourth-order valence-corrected chi connectivity index (χ4v) is 2.90. The van der Waals surface area contributed by atoms with Gasteiger partial charge in [0.2, 0.25) is 10.0 Å². The maximum Gasteiger partial charge on any atom is 0.337 e. The van der Waals surface area contributed by atoms with Gasteiger partial charge >= 0.3 is 5.97 Å². The Labute approximate surface area is 125 Å². The van der Waals surface area contributed by atoms with Gasteiger partial charge in [-0.3, -0.25) is 0 Å². The van der Waals surface area contributed by atoms with Gasteiger partial charge in [0.1, 0.15) is 0 Å². The summed E-state index contributed by atoms with van der Waals surface area (Å²) in [4.78, 5) is 11.2. The summed E-state index contributed by atoms with van der Waals surface area (Å²) in [7, 11) is -3.70. The molecule has 6 nitrogen and oxygen atoms in total. The first kappa shape index (κ1) is 17.5. The normalized spacial score (nSPS) is 11.9. The zero-order valence-electron chi connectivity index (χ0n) is 12.7. The van der Waals surface area contributed by atoms with Crippen LogP contribution in [0.5, 0.6) is 0 Å². The van der Waals surface area contributed by atoms with Crippen LogP contribution in [0.2, 0.25) is 0 Å². The van der Waals surface area contributed by atoms with Gasteiger partial charge in [-0.25, -0.2) is 17.9 Å². The SMILES string of the molecule is CC(C)CNS(=O)(=O)c1ccc(NC(C)C)c(C(=O)O)c1. The Hall–Kier alpha value is -1.60. The molecule has 0 fully saturated rings. The van der Waals surface area contributed by atoms with Crippen LogP contribution in [0, 0.1) is 5.92 Å². The first-order chi connectivity index (χ1) is 9.63. The minimum Gasteiger partial charge on any atom is -0.478 e. The summed E-state index contributed by atoms with van der Waals surface area (Å²) in [5.41, 5.74) is 0.344. The van der Waals surface area contributed by atoms with E-state index in [1.807, 2.05) is 27.7 Å². The lowest BCUT2D eigenvalue weighted by molar-refractivity contribution is 0.0697. The topological polar surface area (TPSA) is 95.5 Å². The van der Waals surface area contributed by atoms with Crippen LogP contribution in [0.15, 0.2) is 23.1 Å². The molecule has 118 valence electrons. The predicted octanol–water partition coefficient (Wildman–Crippen LogP) is 2.14. The number of hydrogen-bond donors (Lipinski definition) is 3. The Kier molecular flexibility index (Phi) is 5.74. The molecule has 1 aromatic carbocycles. The average Bonchev–Trinajstić information content (AvgIpc) is 2.35. The number of carbonyl (C=O) groups is 1. The van der Waals surface area contributed by atoms with Gasteiger partial charge in [-0.15, -0.1) is 0 Å². The Morgan fingerprint density at radius 3 is 2.33 bits per heavy atom. The highest BCUT2D eigenvalue weighted by Gasteiger charge is 2.19. The Morgan fingerprint density at radius 1 is 1.24 bits per heavy atom. The van der Waals surface area contributed by atoms with Crippen molar-refractivity contribution in [1.82, 2.24) is 4.72 Å². The molecule has 0 aliphatic heterocycles. The number of nitrogens with one attached hydrogen (secondary N) is 2. The Balaban J connectivity index is 3.16. The third-order valence-corrected chi connectivity index (χ3v) is 4.08. The van der Waals surface area contributed by atoms with Crippen molar-refractivity contribution < 1.29 is 18.3 Å². The van der Waals surface area contributed by atoms with E-state index in [9.17, 15) is 18.3 Å². The first-order valence-corrected chi connectivity index (χ1v) is 8.25. The van der Waals surface area contributed by atoms with Crippen LogP contribution in [0.3, 0.4) is 0 Å². The molecule has 0 radical (unpaired) electrons. The maximum absolute atomic E-state index is 12.1. The molecule has 7 heteroatoms. The molecule has 0 saturated carbocycles. The molecule has 0 aliphatic rings. The van der Waals surface area contributed by atoms with E-state index in [0.717, 1.165) is 0 Å². The lowest BCUT2D eigenvalue weighted by Gasteiger charge is -2.14. The minimum absolute atomic E-state index is 0.0459. The number of rotatable bonds is 7. The van der Waals surface area contributed by atoms with Gasteiger partial charge in [-0.1, -0.05) is 13.8 Å². The molecule has 0 spiro atoms. The van der Waals surface area contributed by atoms with Crippen LogP contribution >= 0.6 is 0 Å². The smallest absolute Gasteiger partial charge is 0.337 e. The predicted molar refractivity (Wildman–Crippen MR) is 82.2 cm³/mol. The van der Waals surface area contributed by atoms with Crippen molar-refractivity contribution in [2.24, 2.45) is 5.92 Å². The van der Waals surface area contributed by atoms with Gasteiger partial charge in [-0.2, -0.15) is 0 Å². The molecular weight excluding hydrogens is 292 g/mol. The number of hydrogen-bond acceptors (Lipinski definition) is 4. The van der Waals surface area contributed by atoms with E-state index in [4.69, 9.17) is 0 Å². The quantitative estimate of drug-likeness (QED) is 0.716. The Bertz CT molecular complexity index is 609. The zero-order chi connectivity index (χ0) is 16.2. The second kappa shape index (κ2) is 6.91. The van der Waals surface area contributed by atoms with E-state index in [1.165, 1.54) is 18.2 Å². The molecule has 3 N–H and O–H groups in total. The monoisotopic (exact) mass is 314 g/mol. The van der Waals surface area contributed by atoms with Gasteiger partial charge in [0.25, 0.3) is 0 Å². The summed E-state index contributed by atoms with van der Waals surface area (Å²) < 4.78 is 26.7. The lowest BCUT2D eigenvalue weighted by Crippen LogP contribution is -2.27. The number of anilines is 1. The fourth-order valence-electron chi connectivity index (χ4n) is 1.66. The van der Waals surface area contributed by atoms with Crippen molar-refractivity contribution in [1.29, 1.82) is 0 Å². The summed E-state index contributed by atoms with van der Waals surface area (Å²) in [6.45, 7) is 7.83. The summed E-state index contributed by atoms with van der Waals surface area (Å²) in [6, 6.07) is 4.10. The van der Waals surface area contributed by atoms with Gasteiger partial charge in [0.05, 0.1) is 10.5 Å². The number of benzene rings is 1. The second-order valence-electron chi connectivity index (χ2n) is 5.56. The molecule has 0 atom stereocenters. The fraction of sp³-hybridized carbons (Fsp3) is 0.500. The van der Waals surface area contributed by atoms with Crippen molar-refractivity contribution in [3.05, 3.63) is 23.8 Å². The summed E-state index contributed by atoms with van der Waals surface area (Å²) >= 11 is 0. The van der Waals surface area contributed by atoms with Crippen molar-refractivity contribution in [3.63, 3.8) is 0 Å². The van der Waals surface area contributed by atoms with Crippen molar-refractivity contribution in [3.8, 4) is 0 Å². The molecule has 0 saturated heterocycles. The van der Waals surface area contributed by atoms with E-state index >= 15 is 0 Å². The van der Waals surface area contributed by atoms with Crippen molar-refractivity contribution in [2.45, 2.75) is 38.6 Å². The first-order valence-electron chi connectivity index (χ1n) is 6.77. The molecule has 0 heterocycles. The summed E-state index contributed by atoms with van der Waals surface area (Å²) in [5, 5.41) is 12.2. The van der Waals surface area contributed by atoms with Crippen LogP contribution in [0.1, 0.15) is 38.1 Å². The van der Waals surface area contributed by atoms with Gasteiger partial charge in [0.15, 0.2) is 0 Å².